The Labute approximate surface area is 95.9 Å². The molecule has 0 saturated carbocycles. The Morgan fingerprint density at radius 3 is 2.73 bits per heavy atom. The number of halogens is 3. The number of hydrogen-bond acceptors (Lipinski definition) is 1. The van der Waals surface area contributed by atoms with E-state index in [1.807, 2.05) is 6.07 Å². The number of allylic oxidation sites excluding steroid dienone is 1. The molecule has 0 spiro atoms. The summed E-state index contributed by atoms with van der Waals surface area (Å²) in [6.45, 7) is 2.73. The van der Waals surface area contributed by atoms with Gasteiger partial charge >= 0.3 is 6.61 Å². The molecule has 1 aromatic carbocycles. The van der Waals surface area contributed by atoms with Crippen molar-refractivity contribution < 1.29 is 13.5 Å². The fourth-order valence-corrected chi connectivity index (χ4v) is 1.44. The average Bonchev–Trinajstić information content (AvgIpc) is 2.19. The van der Waals surface area contributed by atoms with Gasteiger partial charge in [-0.1, -0.05) is 34.6 Å². The van der Waals surface area contributed by atoms with Crippen molar-refractivity contribution in [3.05, 3.63) is 35.9 Å². The van der Waals surface area contributed by atoms with Gasteiger partial charge in [-0.25, -0.2) is 0 Å². The second kappa shape index (κ2) is 5.26. The van der Waals surface area contributed by atoms with Gasteiger partial charge in [0.15, 0.2) is 0 Å². The van der Waals surface area contributed by atoms with Crippen LogP contribution in [0.15, 0.2) is 24.8 Å². The molecule has 0 N–H and O–H groups in total. The van der Waals surface area contributed by atoms with E-state index in [1.165, 1.54) is 0 Å². The fraction of sp³-hybridized carbons (Fsp3) is 0.273. The van der Waals surface area contributed by atoms with Gasteiger partial charge in [0.1, 0.15) is 5.75 Å². The van der Waals surface area contributed by atoms with E-state index >= 15 is 0 Å². The highest BCUT2D eigenvalue weighted by Gasteiger charge is 2.08. The van der Waals surface area contributed by atoms with Gasteiger partial charge in [-0.05, 0) is 29.7 Å². The van der Waals surface area contributed by atoms with E-state index in [4.69, 9.17) is 0 Å². The predicted octanol–water partition coefficient (Wildman–Crippen LogP) is 4.00. The molecule has 1 rings (SSSR count). The normalized spacial score (nSPS) is 10.5. The Morgan fingerprint density at radius 1 is 1.53 bits per heavy atom. The zero-order chi connectivity index (χ0) is 11.4. The Kier molecular flexibility index (Phi) is 4.27. The Balaban J connectivity index is 2.99. The molecule has 0 aliphatic rings. The molecule has 4 heteroatoms. The van der Waals surface area contributed by atoms with Gasteiger partial charge in [-0.2, -0.15) is 8.78 Å². The van der Waals surface area contributed by atoms with Crippen molar-refractivity contribution in [1.29, 1.82) is 0 Å². The number of aryl methyl sites for hydroxylation is 1. The maximum atomic E-state index is 12.1. The van der Waals surface area contributed by atoms with Gasteiger partial charge in [-0.15, -0.1) is 0 Å². The molecule has 0 unspecified atom stereocenters. The van der Waals surface area contributed by atoms with E-state index in [9.17, 15) is 8.78 Å². The summed E-state index contributed by atoms with van der Waals surface area (Å²) in [7, 11) is 0. The SMILES string of the molecule is C=C(CBr)c1ccc(C)c(OC(F)F)c1. The van der Waals surface area contributed by atoms with E-state index < -0.39 is 6.61 Å². The summed E-state index contributed by atoms with van der Waals surface area (Å²) < 4.78 is 28.5. The van der Waals surface area contributed by atoms with Crippen molar-refractivity contribution in [3.8, 4) is 5.75 Å². The van der Waals surface area contributed by atoms with Crippen LogP contribution in [0.2, 0.25) is 0 Å². The van der Waals surface area contributed by atoms with Crippen molar-refractivity contribution in [1.82, 2.24) is 0 Å². The van der Waals surface area contributed by atoms with Crippen molar-refractivity contribution in [2.24, 2.45) is 0 Å². The Morgan fingerprint density at radius 2 is 2.20 bits per heavy atom. The molecule has 0 radical (unpaired) electrons. The smallest absolute Gasteiger partial charge is 0.387 e. The second-order valence-electron chi connectivity index (χ2n) is 3.10. The van der Waals surface area contributed by atoms with E-state index in [0.717, 1.165) is 11.1 Å². The first-order valence-electron chi connectivity index (χ1n) is 4.34. The van der Waals surface area contributed by atoms with Crippen LogP contribution in [0.3, 0.4) is 0 Å². The summed E-state index contributed by atoms with van der Waals surface area (Å²) in [4.78, 5) is 0. The monoisotopic (exact) mass is 276 g/mol. The molecule has 0 fully saturated rings. The standard InChI is InChI=1S/C11H11BrF2O/c1-7-3-4-9(8(2)6-12)5-10(7)15-11(13)14/h3-5,11H,2,6H2,1H3. The maximum absolute atomic E-state index is 12.1. The van der Waals surface area contributed by atoms with Crippen molar-refractivity contribution >= 4 is 21.5 Å². The first-order chi connectivity index (χ1) is 7.04. The second-order valence-corrected chi connectivity index (χ2v) is 3.66. The molecule has 0 heterocycles. The number of alkyl halides is 3. The summed E-state index contributed by atoms with van der Waals surface area (Å²) in [5.41, 5.74) is 2.31. The van der Waals surface area contributed by atoms with Crippen molar-refractivity contribution in [2.75, 3.05) is 5.33 Å². The van der Waals surface area contributed by atoms with Crippen molar-refractivity contribution in [2.45, 2.75) is 13.5 Å². The summed E-state index contributed by atoms with van der Waals surface area (Å²) in [6.07, 6.45) is 0. The topological polar surface area (TPSA) is 9.23 Å². The number of benzene rings is 1. The quantitative estimate of drug-likeness (QED) is 0.756. The molecule has 0 aliphatic heterocycles. The van der Waals surface area contributed by atoms with Crippen LogP contribution >= 0.6 is 15.9 Å². The van der Waals surface area contributed by atoms with Gasteiger partial charge in [0, 0.05) is 5.33 Å². The highest BCUT2D eigenvalue weighted by Crippen LogP contribution is 2.25. The van der Waals surface area contributed by atoms with Gasteiger partial charge in [0.05, 0.1) is 0 Å². The van der Waals surface area contributed by atoms with Crippen LogP contribution < -0.4 is 4.74 Å². The first kappa shape index (κ1) is 12.2. The van der Waals surface area contributed by atoms with Gasteiger partial charge in [0.25, 0.3) is 0 Å². The molecular weight excluding hydrogens is 266 g/mol. The summed E-state index contributed by atoms with van der Waals surface area (Å²) >= 11 is 3.26. The summed E-state index contributed by atoms with van der Waals surface area (Å²) in [5, 5.41) is 0.601. The minimum atomic E-state index is -2.80. The highest BCUT2D eigenvalue weighted by atomic mass is 79.9. The molecule has 1 nitrogen and oxygen atoms in total. The van der Waals surface area contributed by atoms with Crippen LogP contribution in [-0.4, -0.2) is 11.9 Å². The molecular formula is C11H11BrF2O. The van der Waals surface area contributed by atoms with E-state index in [-0.39, 0.29) is 5.75 Å². The lowest BCUT2D eigenvalue weighted by molar-refractivity contribution is -0.0503. The predicted molar refractivity (Wildman–Crippen MR) is 60.6 cm³/mol. The zero-order valence-corrected chi connectivity index (χ0v) is 9.85. The van der Waals surface area contributed by atoms with E-state index in [2.05, 4.69) is 27.2 Å². The maximum Gasteiger partial charge on any atom is 0.387 e. The van der Waals surface area contributed by atoms with E-state index in [1.54, 1.807) is 19.1 Å². The molecule has 0 aliphatic carbocycles. The molecule has 0 bridgehead atoms. The summed E-state index contributed by atoms with van der Waals surface area (Å²) in [5.74, 6) is 0.199. The number of ether oxygens (including phenoxy) is 1. The van der Waals surface area contributed by atoms with Crippen molar-refractivity contribution in [3.63, 3.8) is 0 Å². The third-order valence-electron chi connectivity index (χ3n) is 1.97. The van der Waals surface area contributed by atoms with Crippen LogP contribution in [0.1, 0.15) is 11.1 Å². The lowest BCUT2D eigenvalue weighted by Gasteiger charge is -2.10. The minimum absolute atomic E-state index is 0.199. The van der Waals surface area contributed by atoms with Gasteiger partial charge < -0.3 is 4.74 Å². The third kappa shape index (κ3) is 3.30. The molecule has 82 valence electrons. The van der Waals surface area contributed by atoms with Gasteiger partial charge in [0.2, 0.25) is 0 Å². The third-order valence-corrected chi connectivity index (χ3v) is 2.65. The van der Waals surface area contributed by atoms with E-state index in [0.29, 0.717) is 10.9 Å². The molecule has 1 aromatic rings. The molecule has 0 atom stereocenters. The average molecular weight is 277 g/mol. The molecule has 0 amide bonds. The molecule has 0 saturated heterocycles. The number of hydrogen-bond donors (Lipinski definition) is 0. The lowest BCUT2D eigenvalue weighted by Crippen LogP contribution is -2.03. The van der Waals surface area contributed by atoms with Crippen LogP contribution in [0, 0.1) is 6.92 Å². The van der Waals surface area contributed by atoms with Gasteiger partial charge in [-0.3, -0.25) is 0 Å². The number of rotatable bonds is 4. The zero-order valence-electron chi connectivity index (χ0n) is 8.27. The van der Waals surface area contributed by atoms with Crippen LogP contribution in [0.5, 0.6) is 5.75 Å². The Hall–Kier alpha value is -0.900. The Bertz CT molecular complexity index is 364. The molecule has 0 aromatic heterocycles. The first-order valence-corrected chi connectivity index (χ1v) is 5.46. The summed E-state index contributed by atoms with van der Waals surface area (Å²) in [6, 6.07) is 5.14. The highest BCUT2D eigenvalue weighted by molar-refractivity contribution is 9.09. The lowest BCUT2D eigenvalue weighted by atomic mass is 10.1. The van der Waals surface area contributed by atoms with Crippen LogP contribution in [-0.2, 0) is 0 Å². The largest absolute Gasteiger partial charge is 0.435 e. The van der Waals surface area contributed by atoms with Crippen LogP contribution in [0.4, 0.5) is 8.78 Å². The van der Waals surface area contributed by atoms with Crippen LogP contribution in [0.25, 0.3) is 5.57 Å². The minimum Gasteiger partial charge on any atom is -0.435 e. The fourth-order valence-electron chi connectivity index (χ4n) is 1.12. The molecule has 15 heavy (non-hydrogen) atoms.